The second-order valence-electron chi connectivity index (χ2n) is 6.85. The van der Waals surface area contributed by atoms with Crippen LogP contribution in [0.4, 0.5) is 0 Å². The van der Waals surface area contributed by atoms with Gasteiger partial charge >= 0.3 is 0 Å². The Bertz CT molecular complexity index is 666. The van der Waals surface area contributed by atoms with Crippen LogP contribution in [0.25, 0.3) is 10.9 Å². The van der Waals surface area contributed by atoms with Crippen molar-refractivity contribution in [2.24, 2.45) is 5.92 Å². The molecule has 0 unspecified atom stereocenters. The molecule has 0 spiro atoms. The first-order valence-electron chi connectivity index (χ1n) is 9.26. The Morgan fingerprint density at radius 1 is 1.21 bits per heavy atom. The maximum Gasteiger partial charge on any atom is 0.227 e. The van der Waals surface area contributed by atoms with Crippen LogP contribution in [0.2, 0.25) is 0 Å². The van der Waals surface area contributed by atoms with Gasteiger partial charge < -0.3 is 14.8 Å². The molecule has 1 aliphatic rings. The smallest absolute Gasteiger partial charge is 0.227 e. The van der Waals surface area contributed by atoms with E-state index in [9.17, 15) is 4.79 Å². The monoisotopic (exact) mass is 327 g/mol. The number of likely N-dealkylation sites (tertiary alicyclic amines) is 1. The zero-order valence-electron chi connectivity index (χ0n) is 14.9. The number of piperidine rings is 1. The van der Waals surface area contributed by atoms with Crippen LogP contribution in [0, 0.1) is 5.92 Å². The van der Waals surface area contributed by atoms with E-state index in [0.29, 0.717) is 6.42 Å². The number of nitrogens with one attached hydrogen (secondary N) is 1. The van der Waals surface area contributed by atoms with E-state index < -0.39 is 0 Å². The third-order valence-corrected chi connectivity index (χ3v) is 5.39. The van der Waals surface area contributed by atoms with Gasteiger partial charge in [0.15, 0.2) is 0 Å². The summed E-state index contributed by atoms with van der Waals surface area (Å²) in [5, 5.41) is 1.17. The van der Waals surface area contributed by atoms with E-state index >= 15 is 0 Å². The van der Waals surface area contributed by atoms with Crippen LogP contribution >= 0.6 is 0 Å². The molecule has 0 bridgehead atoms. The van der Waals surface area contributed by atoms with Gasteiger partial charge in [-0.1, -0.05) is 32.0 Å². The molecular formula is C20H29N3O. The fourth-order valence-electron chi connectivity index (χ4n) is 3.76. The lowest BCUT2D eigenvalue weighted by molar-refractivity contribution is -0.131. The summed E-state index contributed by atoms with van der Waals surface area (Å²) in [6.07, 6.45) is 4.76. The molecule has 1 aromatic carbocycles. The average molecular weight is 327 g/mol. The van der Waals surface area contributed by atoms with Crippen molar-refractivity contribution in [3.8, 4) is 0 Å². The summed E-state index contributed by atoms with van der Waals surface area (Å²) < 4.78 is 0. The summed E-state index contributed by atoms with van der Waals surface area (Å²) in [5.41, 5.74) is 2.22. The first-order valence-corrected chi connectivity index (χ1v) is 9.26. The number of carbonyl (C=O) groups is 1. The van der Waals surface area contributed by atoms with E-state index in [1.54, 1.807) is 0 Å². The Morgan fingerprint density at radius 3 is 2.62 bits per heavy atom. The summed E-state index contributed by atoms with van der Waals surface area (Å²) in [6.45, 7) is 9.69. The fourth-order valence-corrected chi connectivity index (χ4v) is 3.76. The zero-order chi connectivity index (χ0) is 16.9. The van der Waals surface area contributed by atoms with Crippen molar-refractivity contribution in [3.63, 3.8) is 0 Å². The molecule has 24 heavy (non-hydrogen) atoms. The second-order valence-corrected chi connectivity index (χ2v) is 6.85. The normalized spacial score (nSPS) is 16.2. The van der Waals surface area contributed by atoms with Gasteiger partial charge in [-0.2, -0.15) is 0 Å². The second kappa shape index (κ2) is 7.84. The molecule has 0 radical (unpaired) electrons. The molecule has 1 N–H and O–H groups in total. The summed E-state index contributed by atoms with van der Waals surface area (Å²) in [6, 6.07) is 8.20. The Labute approximate surface area is 144 Å². The number of aromatic nitrogens is 1. The number of amides is 1. The van der Waals surface area contributed by atoms with Gasteiger partial charge in [0, 0.05) is 36.7 Å². The lowest BCUT2D eigenvalue weighted by atomic mass is 9.95. The minimum absolute atomic E-state index is 0.265. The van der Waals surface area contributed by atoms with E-state index in [2.05, 4.69) is 40.8 Å². The van der Waals surface area contributed by atoms with E-state index in [1.807, 2.05) is 18.3 Å². The van der Waals surface area contributed by atoms with Gasteiger partial charge in [0.1, 0.15) is 0 Å². The third-order valence-electron chi connectivity index (χ3n) is 5.39. The zero-order valence-corrected chi connectivity index (χ0v) is 14.9. The number of benzene rings is 1. The highest BCUT2D eigenvalue weighted by molar-refractivity contribution is 5.88. The van der Waals surface area contributed by atoms with Gasteiger partial charge in [-0.25, -0.2) is 0 Å². The molecule has 2 aromatic rings. The van der Waals surface area contributed by atoms with Gasteiger partial charge in [-0.3, -0.25) is 4.79 Å². The van der Waals surface area contributed by atoms with Crippen molar-refractivity contribution in [1.29, 1.82) is 0 Å². The van der Waals surface area contributed by atoms with Crippen molar-refractivity contribution >= 4 is 16.8 Å². The molecule has 1 fully saturated rings. The van der Waals surface area contributed by atoms with Crippen LogP contribution in [-0.2, 0) is 11.2 Å². The number of nitrogens with zero attached hydrogens (tertiary/aromatic N) is 2. The predicted molar refractivity (Wildman–Crippen MR) is 99.1 cm³/mol. The molecule has 1 aliphatic heterocycles. The number of para-hydroxylation sites is 1. The highest BCUT2D eigenvalue weighted by atomic mass is 16.2. The molecule has 1 saturated heterocycles. The summed E-state index contributed by atoms with van der Waals surface area (Å²) in [4.78, 5) is 20.5. The number of hydrogen-bond acceptors (Lipinski definition) is 2. The molecule has 4 heteroatoms. The number of rotatable bonds is 6. The van der Waals surface area contributed by atoms with Crippen molar-refractivity contribution in [1.82, 2.24) is 14.8 Å². The van der Waals surface area contributed by atoms with Crippen molar-refractivity contribution in [3.05, 3.63) is 36.0 Å². The SMILES string of the molecule is CCN(CC)CC1CCN(C(=O)Cc2c[nH]c3ccccc23)CC1. The molecule has 130 valence electrons. The molecule has 2 heterocycles. The number of aromatic amines is 1. The lowest BCUT2D eigenvalue weighted by Crippen LogP contribution is -2.42. The maximum absolute atomic E-state index is 12.7. The molecule has 0 atom stereocenters. The van der Waals surface area contributed by atoms with Gasteiger partial charge in [-0.05, 0) is 43.5 Å². The van der Waals surface area contributed by atoms with Crippen LogP contribution in [0.1, 0.15) is 32.3 Å². The number of fused-ring (bicyclic) bond motifs is 1. The Balaban J connectivity index is 1.54. The standard InChI is InChI=1S/C20H29N3O/c1-3-22(4-2)15-16-9-11-23(12-10-16)20(24)13-17-14-21-19-8-6-5-7-18(17)19/h5-8,14,16,21H,3-4,9-13,15H2,1-2H3. The molecule has 0 aliphatic carbocycles. The lowest BCUT2D eigenvalue weighted by Gasteiger charge is -2.34. The van der Waals surface area contributed by atoms with Gasteiger partial charge in [0.2, 0.25) is 5.91 Å². The largest absolute Gasteiger partial charge is 0.361 e. The molecule has 1 amide bonds. The molecule has 0 saturated carbocycles. The minimum Gasteiger partial charge on any atom is -0.361 e. The van der Waals surface area contributed by atoms with Gasteiger partial charge in [0.25, 0.3) is 0 Å². The van der Waals surface area contributed by atoms with Crippen LogP contribution in [0.15, 0.2) is 30.5 Å². The van der Waals surface area contributed by atoms with Crippen molar-refractivity contribution in [2.45, 2.75) is 33.1 Å². The molecule has 1 aromatic heterocycles. The maximum atomic E-state index is 12.7. The number of carbonyl (C=O) groups excluding carboxylic acids is 1. The third kappa shape index (κ3) is 3.81. The summed E-state index contributed by atoms with van der Waals surface area (Å²) in [7, 11) is 0. The fraction of sp³-hybridized carbons (Fsp3) is 0.550. The van der Waals surface area contributed by atoms with Crippen LogP contribution in [0.5, 0.6) is 0 Å². The molecular weight excluding hydrogens is 298 g/mol. The predicted octanol–water partition coefficient (Wildman–Crippen LogP) is 3.29. The highest BCUT2D eigenvalue weighted by Crippen LogP contribution is 2.22. The van der Waals surface area contributed by atoms with Crippen LogP contribution in [0.3, 0.4) is 0 Å². The van der Waals surface area contributed by atoms with E-state index in [4.69, 9.17) is 0 Å². The van der Waals surface area contributed by atoms with Crippen molar-refractivity contribution < 1.29 is 4.79 Å². The van der Waals surface area contributed by atoms with Crippen LogP contribution in [-0.4, -0.2) is 53.4 Å². The number of H-pyrrole nitrogens is 1. The molecule has 4 nitrogen and oxygen atoms in total. The Morgan fingerprint density at radius 2 is 1.92 bits per heavy atom. The Hall–Kier alpha value is -1.81. The molecule has 3 rings (SSSR count). The Kier molecular flexibility index (Phi) is 5.56. The van der Waals surface area contributed by atoms with E-state index in [1.165, 1.54) is 11.9 Å². The average Bonchev–Trinajstić information content (AvgIpc) is 3.03. The minimum atomic E-state index is 0.265. The van der Waals surface area contributed by atoms with Gasteiger partial charge in [0.05, 0.1) is 6.42 Å². The first-order chi connectivity index (χ1) is 11.7. The van der Waals surface area contributed by atoms with E-state index in [0.717, 1.165) is 56.0 Å². The topological polar surface area (TPSA) is 39.3 Å². The first kappa shape index (κ1) is 17.0. The van der Waals surface area contributed by atoms with E-state index in [-0.39, 0.29) is 5.91 Å². The highest BCUT2D eigenvalue weighted by Gasteiger charge is 2.24. The quantitative estimate of drug-likeness (QED) is 0.884. The van der Waals surface area contributed by atoms with Crippen molar-refractivity contribution in [2.75, 3.05) is 32.7 Å². The summed E-state index contributed by atoms with van der Waals surface area (Å²) in [5.74, 6) is 1.00. The van der Waals surface area contributed by atoms with Crippen LogP contribution < -0.4 is 0 Å². The number of hydrogen-bond donors (Lipinski definition) is 1. The summed E-state index contributed by atoms with van der Waals surface area (Å²) >= 11 is 0. The van der Waals surface area contributed by atoms with Gasteiger partial charge in [-0.15, -0.1) is 0 Å².